The van der Waals surface area contributed by atoms with Crippen LogP contribution in [0.15, 0.2) is 54.1 Å². The number of aromatic nitrogens is 1. The van der Waals surface area contributed by atoms with Crippen LogP contribution in [0.4, 0.5) is 19.0 Å². The van der Waals surface area contributed by atoms with Crippen LogP contribution in [-0.4, -0.2) is 23.2 Å². The van der Waals surface area contributed by atoms with Crippen LogP contribution >= 0.6 is 11.3 Å². The van der Waals surface area contributed by atoms with E-state index in [0.717, 1.165) is 22.9 Å². The summed E-state index contributed by atoms with van der Waals surface area (Å²) >= 11 is 1.60. The van der Waals surface area contributed by atoms with Gasteiger partial charge in [0.15, 0.2) is 0 Å². The van der Waals surface area contributed by atoms with E-state index in [9.17, 15) is 18.0 Å². The average Bonchev–Trinajstić information content (AvgIpc) is 3.21. The van der Waals surface area contributed by atoms with Crippen LogP contribution < -0.4 is 16.2 Å². The smallest absolute Gasteiger partial charge is 0.409 e. The van der Waals surface area contributed by atoms with Gasteiger partial charge in [0, 0.05) is 28.3 Å². The fraction of sp³-hybridized carbons (Fsp3) is 0.217. The molecule has 1 atom stereocenters. The largest absolute Gasteiger partial charge is 0.486 e. The predicted octanol–water partition coefficient (Wildman–Crippen LogP) is 5.61. The number of amides is 1. The van der Waals surface area contributed by atoms with Gasteiger partial charge in [-0.2, -0.15) is 13.2 Å². The number of nitrogens with zero attached hydrogens (tertiary/aromatic N) is 1. The third-order valence-electron chi connectivity index (χ3n) is 4.69. The number of aryl methyl sites for hydroxylation is 1. The van der Waals surface area contributed by atoms with Gasteiger partial charge in [0.1, 0.15) is 17.7 Å². The highest BCUT2D eigenvalue weighted by molar-refractivity contribution is 7.13. The minimum absolute atomic E-state index is 0.0505. The molecule has 0 fully saturated rings. The number of nitrogen functional groups attached to an aromatic ring is 1. The van der Waals surface area contributed by atoms with Gasteiger partial charge in [0.2, 0.25) is 0 Å². The molecule has 1 amide bonds. The molecule has 0 aliphatic rings. The third-order valence-corrected chi connectivity index (χ3v) is 5.72. The van der Waals surface area contributed by atoms with E-state index in [2.05, 4.69) is 23.4 Å². The van der Waals surface area contributed by atoms with Crippen molar-refractivity contribution in [3.8, 4) is 27.3 Å². The lowest BCUT2D eigenvalue weighted by Crippen LogP contribution is -2.17. The number of nitrogens with two attached hydrogens (primary N) is 2. The SMILES string of the molecule is CCc1csc(-c2cnc(N)c(-c3ccc(C(N)=O)c(OC(C)/C=C\C(F)(F)F)c3)c2)c1. The predicted molar refractivity (Wildman–Crippen MR) is 121 cm³/mol. The zero-order valence-corrected chi connectivity index (χ0v) is 18.3. The number of carbonyl (C=O) groups excluding carboxylic acids is 1. The molecule has 0 saturated heterocycles. The first-order chi connectivity index (χ1) is 15.1. The summed E-state index contributed by atoms with van der Waals surface area (Å²) in [6, 6.07) is 8.59. The number of pyridine rings is 1. The lowest BCUT2D eigenvalue weighted by atomic mass is 10.0. The Labute approximate surface area is 187 Å². The Morgan fingerprint density at radius 2 is 2.00 bits per heavy atom. The number of carbonyl (C=O) groups is 1. The number of allylic oxidation sites excluding steroid dienone is 1. The minimum atomic E-state index is -4.47. The van der Waals surface area contributed by atoms with Crippen LogP contribution in [0.5, 0.6) is 5.75 Å². The molecule has 0 radical (unpaired) electrons. The van der Waals surface area contributed by atoms with Crippen LogP contribution in [0.3, 0.4) is 0 Å². The van der Waals surface area contributed by atoms with Crippen molar-refractivity contribution in [1.29, 1.82) is 0 Å². The van der Waals surface area contributed by atoms with E-state index in [1.54, 1.807) is 23.6 Å². The number of halogens is 3. The van der Waals surface area contributed by atoms with Crippen molar-refractivity contribution >= 4 is 23.1 Å². The zero-order chi connectivity index (χ0) is 23.5. The molecule has 168 valence electrons. The number of anilines is 1. The molecule has 1 unspecified atom stereocenters. The number of thiophene rings is 1. The molecular formula is C23H22F3N3O2S. The molecule has 1 aromatic carbocycles. The lowest BCUT2D eigenvalue weighted by Gasteiger charge is -2.16. The van der Waals surface area contributed by atoms with Crippen molar-refractivity contribution in [3.05, 3.63) is 65.2 Å². The molecule has 0 spiro atoms. The highest BCUT2D eigenvalue weighted by Gasteiger charge is 2.23. The zero-order valence-electron chi connectivity index (χ0n) is 17.4. The van der Waals surface area contributed by atoms with Gasteiger partial charge in [-0.05, 0) is 60.2 Å². The Morgan fingerprint density at radius 3 is 2.62 bits per heavy atom. The maximum atomic E-state index is 12.5. The van der Waals surface area contributed by atoms with Crippen LogP contribution in [-0.2, 0) is 6.42 Å². The van der Waals surface area contributed by atoms with Crippen LogP contribution in [0.25, 0.3) is 21.6 Å². The summed E-state index contributed by atoms with van der Waals surface area (Å²) in [5.74, 6) is -0.434. The summed E-state index contributed by atoms with van der Waals surface area (Å²) in [5, 5.41) is 2.08. The highest BCUT2D eigenvalue weighted by atomic mass is 32.1. The standard InChI is InChI=1S/C23H22F3N3O2S/c1-3-14-8-20(32-12-14)16-9-18(21(27)29-11-16)15-4-5-17(22(28)30)19(10-15)31-13(2)6-7-23(24,25)26/h4-13H,3H2,1-2H3,(H2,27,29)(H2,28,30)/b7-6-. The molecule has 2 heterocycles. The molecule has 32 heavy (non-hydrogen) atoms. The minimum Gasteiger partial charge on any atom is -0.486 e. The Hall–Kier alpha value is -3.33. The maximum Gasteiger partial charge on any atom is 0.409 e. The molecule has 3 rings (SSSR count). The summed E-state index contributed by atoms with van der Waals surface area (Å²) in [6.07, 6.45) is -1.87. The number of hydrogen-bond acceptors (Lipinski definition) is 5. The molecule has 0 bridgehead atoms. The molecule has 0 aliphatic heterocycles. The van der Waals surface area contributed by atoms with Crippen molar-refractivity contribution in [2.45, 2.75) is 32.5 Å². The van der Waals surface area contributed by atoms with Crippen molar-refractivity contribution in [2.75, 3.05) is 5.73 Å². The Bertz CT molecular complexity index is 1160. The van der Waals surface area contributed by atoms with E-state index in [0.29, 0.717) is 11.1 Å². The quantitative estimate of drug-likeness (QED) is 0.448. The van der Waals surface area contributed by atoms with Gasteiger partial charge in [0.25, 0.3) is 5.91 Å². The fourth-order valence-corrected chi connectivity index (χ4v) is 4.01. The van der Waals surface area contributed by atoms with Gasteiger partial charge < -0.3 is 16.2 Å². The second kappa shape index (κ2) is 9.44. The van der Waals surface area contributed by atoms with Crippen molar-refractivity contribution in [3.63, 3.8) is 0 Å². The van der Waals surface area contributed by atoms with Crippen molar-refractivity contribution < 1.29 is 22.7 Å². The molecule has 4 N–H and O–H groups in total. The first-order valence-electron chi connectivity index (χ1n) is 9.77. The van der Waals surface area contributed by atoms with Crippen LogP contribution in [0, 0.1) is 0 Å². The van der Waals surface area contributed by atoms with Gasteiger partial charge in [-0.25, -0.2) is 4.98 Å². The third kappa shape index (κ3) is 5.67. The first-order valence-corrected chi connectivity index (χ1v) is 10.7. The van der Waals surface area contributed by atoms with Crippen molar-refractivity contribution in [1.82, 2.24) is 4.98 Å². The number of rotatable bonds is 7. The van der Waals surface area contributed by atoms with E-state index in [1.165, 1.54) is 24.6 Å². The summed E-state index contributed by atoms with van der Waals surface area (Å²) in [7, 11) is 0. The summed E-state index contributed by atoms with van der Waals surface area (Å²) in [6.45, 7) is 3.50. The van der Waals surface area contributed by atoms with E-state index in [1.807, 2.05) is 6.07 Å². The van der Waals surface area contributed by atoms with E-state index in [-0.39, 0.29) is 23.2 Å². The summed E-state index contributed by atoms with van der Waals surface area (Å²) in [5.41, 5.74) is 14.9. The second-order valence-electron chi connectivity index (χ2n) is 7.13. The first kappa shape index (κ1) is 23.3. The van der Waals surface area contributed by atoms with Gasteiger partial charge in [0.05, 0.1) is 5.56 Å². The van der Waals surface area contributed by atoms with Gasteiger partial charge >= 0.3 is 6.18 Å². The molecule has 2 aromatic heterocycles. The van der Waals surface area contributed by atoms with E-state index >= 15 is 0 Å². The topological polar surface area (TPSA) is 91.2 Å². The highest BCUT2D eigenvalue weighted by Crippen LogP contribution is 2.35. The Balaban J connectivity index is 1.99. The molecule has 0 aliphatic carbocycles. The van der Waals surface area contributed by atoms with Gasteiger partial charge in [-0.15, -0.1) is 11.3 Å². The lowest BCUT2D eigenvalue weighted by molar-refractivity contribution is -0.0804. The van der Waals surface area contributed by atoms with E-state index in [4.69, 9.17) is 16.2 Å². The molecule has 0 saturated carbocycles. The monoisotopic (exact) mass is 461 g/mol. The normalized spacial score (nSPS) is 12.8. The average molecular weight is 462 g/mol. The summed E-state index contributed by atoms with van der Waals surface area (Å²) in [4.78, 5) is 17.1. The number of ether oxygens (including phenoxy) is 1. The number of hydrogen-bond donors (Lipinski definition) is 2. The molecule has 3 aromatic rings. The second-order valence-corrected chi connectivity index (χ2v) is 8.04. The van der Waals surface area contributed by atoms with Crippen LogP contribution in [0.1, 0.15) is 29.8 Å². The Morgan fingerprint density at radius 1 is 1.25 bits per heavy atom. The van der Waals surface area contributed by atoms with Gasteiger partial charge in [-0.1, -0.05) is 13.0 Å². The maximum absolute atomic E-state index is 12.5. The number of benzene rings is 1. The molecule has 9 heteroatoms. The van der Waals surface area contributed by atoms with Gasteiger partial charge in [-0.3, -0.25) is 4.79 Å². The number of primary amides is 1. The number of alkyl halides is 3. The Kier molecular flexibility index (Phi) is 6.88. The molecular weight excluding hydrogens is 439 g/mol. The van der Waals surface area contributed by atoms with Crippen molar-refractivity contribution in [2.24, 2.45) is 5.73 Å². The summed E-state index contributed by atoms with van der Waals surface area (Å²) < 4.78 is 43.0. The molecule has 5 nitrogen and oxygen atoms in total. The van der Waals surface area contributed by atoms with E-state index < -0.39 is 18.2 Å². The van der Waals surface area contributed by atoms with Crippen LogP contribution in [0.2, 0.25) is 0 Å². The fourth-order valence-electron chi connectivity index (χ4n) is 3.03.